The van der Waals surface area contributed by atoms with E-state index in [1.165, 1.54) is 34.6 Å². The molecule has 9 nitrogen and oxygen atoms in total. The number of aromatic nitrogens is 1. The molecule has 31 heavy (non-hydrogen) atoms. The first-order valence-corrected chi connectivity index (χ1v) is 14.1. The topological polar surface area (TPSA) is 140 Å². The average Bonchev–Trinajstić information content (AvgIpc) is 3.32. The molecule has 1 aliphatic rings. The monoisotopic (exact) mass is 520 g/mol. The number of piperidine rings is 1. The Morgan fingerprint density at radius 3 is 2.61 bits per heavy atom. The number of halogens is 1. The Morgan fingerprint density at radius 2 is 1.94 bits per heavy atom. The van der Waals surface area contributed by atoms with E-state index >= 15 is 0 Å². The Balaban J connectivity index is 1.59. The molecule has 3 aromatic rings. The highest BCUT2D eigenvalue weighted by Gasteiger charge is 2.38. The number of nitrogens with one attached hydrogen (secondary N) is 1. The molecule has 3 N–H and O–H groups in total. The van der Waals surface area contributed by atoms with Crippen LogP contribution in [0.5, 0.6) is 0 Å². The largest absolute Gasteiger partial charge is 0.301 e. The Bertz CT molecular complexity index is 1370. The van der Waals surface area contributed by atoms with Crippen molar-refractivity contribution < 1.29 is 21.6 Å². The smallest absolute Gasteiger partial charge is 0.253 e. The zero-order valence-electron chi connectivity index (χ0n) is 15.8. The summed E-state index contributed by atoms with van der Waals surface area (Å²) in [4.78, 5) is 17.2. The van der Waals surface area contributed by atoms with Gasteiger partial charge in [0.15, 0.2) is 5.13 Å². The van der Waals surface area contributed by atoms with Crippen molar-refractivity contribution in [3.8, 4) is 0 Å². The molecule has 2 aromatic heterocycles. The third-order valence-corrected chi connectivity index (χ3v) is 10.2. The Morgan fingerprint density at radius 1 is 1.16 bits per heavy atom. The molecule has 3 heterocycles. The predicted octanol–water partition coefficient (Wildman–Crippen LogP) is 2.84. The van der Waals surface area contributed by atoms with Crippen LogP contribution in [0.25, 0.3) is 10.2 Å². The van der Waals surface area contributed by atoms with Crippen molar-refractivity contribution in [2.45, 2.75) is 34.4 Å². The highest BCUT2D eigenvalue weighted by Crippen LogP contribution is 2.33. The van der Waals surface area contributed by atoms with E-state index in [1.54, 1.807) is 0 Å². The van der Waals surface area contributed by atoms with Crippen LogP contribution in [0.3, 0.4) is 0 Å². The summed E-state index contributed by atoms with van der Waals surface area (Å²) >= 11 is 7.92. The Hall–Kier alpha value is -1.61. The fourth-order valence-electron chi connectivity index (χ4n) is 3.33. The summed E-state index contributed by atoms with van der Waals surface area (Å²) in [5.41, 5.74) is 0.494. The van der Waals surface area contributed by atoms with Crippen molar-refractivity contribution in [3.63, 3.8) is 0 Å². The molecule has 0 saturated carbocycles. The first-order valence-electron chi connectivity index (χ1n) is 9.07. The minimum atomic E-state index is -3.87. The molecule has 1 aliphatic heterocycles. The number of carbonyl (C=O) groups excluding carboxylic acids is 1. The lowest BCUT2D eigenvalue weighted by molar-refractivity contribution is -0.120. The predicted molar refractivity (Wildman–Crippen MR) is 120 cm³/mol. The van der Waals surface area contributed by atoms with Gasteiger partial charge in [0, 0.05) is 6.54 Å². The van der Waals surface area contributed by atoms with E-state index in [2.05, 4.69) is 10.3 Å². The average molecular weight is 521 g/mol. The van der Waals surface area contributed by atoms with E-state index in [-0.39, 0.29) is 20.8 Å². The van der Waals surface area contributed by atoms with Gasteiger partial charge in [-0.1, -0.05) is 29.4 Å². The minimum Gasteiger partial charge on any atom is -0.301 e. The summed E-state index contributed by atoms with van der Waals surface area (Å²) in [6.45, 7) is 0.230. The maximum absolute atomic E-state index is 13.1. The quantitative estimate of drug-likeness (QED) is 0.530. The first kappa shape index (κ1) is 22.6. The van der Waals surface area contributed by atoms with Crippen LogP contribution < -0.4 is 10.5 Å². The van der Waals surface area contributed by atoms with Gasteiger partial charge in [0.25, 0.3) is 10.0 Å². The van der Waals surface area contributed by atoms with E-state index in [4.69, 9.17) is 16.7 Å². The van der Waals surface area contributed by atoms with Crippen molar-refractivity contribution in [2.24, 2.45) is 5.14 Å². The fourth-order valence-corrected chi connectivity index (χ4v) is 8.12. The SMILES string of the molecule is NS(=O)(=O)c1ccc2nc(NC(=O)C3CCCCN3S(=O)(=O)c3ccc(Cl)s3)sc2c1. The van der Waals surface area contributed by atoms with Crippen LogP contribution in [0.15, 0.2) is 39.4 Å². The summed E-state index contributed by atoms with van der Waals surface area (Å²) in [7, 11) is -7.73. The number of anilines is 1. The Kier molecular flexibility index (Phi) is 6.11. The molecule has 0 spiro atoms. The molecule has 1 aromatic carbocycles. The normalized spacial score (nSPS) is 18.3. The highest BCUT2D eigenvalue weighted by atomic mass is 35.5. The number of benzene rings is 1. The number of thiophene rings is 1. The molecule has 166 valence electrons. The lowest BCUT2D eigenvalue weighted by Crippen LogP contribution is -2.49. The molecule has 0 radical (unpaired) electrons. The van der Waals surface area contributed by atoms with Crippen molar-refractivity contribution in [3.05, 3.63) is 34.7 Å². The lowest BCUT2D eigenvalue weighted by Gasteiger charge is -2.32. The number of hydrogen-bond donors (Lipinski definition) is 2. The molecule has 1 fully saturated rings. The molecular formula is C17H17ClN4O5S4. The molecule has 0 aliphatic carbocycles. The lowest BCUT2D eigenvalue weighted by atomic mass is 10.0. The Labute approximate surface area is 191 Å². The summed E-state index contributed by atoms with van der Waals surface area (Å²) in [6, 6.07) is 6.28. The molecule has 4 rings (SSSR count). The third-order valence-electron chi connectivity index (χ3n) is 4.79. The third kappa shape index (κ3) is 4.62. The highest BCUT2D eigenvalue weighted by molar-refractivity contribution is 7.91. The van der Waals surface area contributed by atoms with Gasteiger partial charge in [-0.2, -0.15) is 4.31 Å². The maximum atomic E-state index is 13.1. The van der Waals surface area contributed by atoms with Crippen LogP contribution in [0.2, 0.25) is 4.34 Å². The van der Waals surface area contributed by atoms with Gasteiger partial charge in [-0.05, 0) is 43.2 Å². The first-order chi connectivity index (χ1) is 14.6. The molecular weight excluding hydrogens is 504 g/mol. The van der Waals surface area contributed by atoms with E-state index in [0.717, 1.165) is 22.7 Å². The maximum Gasteiger partial charge on any atom is 0.253 e. The van der Waals surface area contributed by atoms with Crippen LogP contribution in [-0.2, 0) is 24.8 Å². The number of thiazole rings is 1. The van der Waals surface area contributed by atoms with Gasteiger partial charge in [-0.25, -0.2) is 27.0 Å². The standard InChI is InChI=1S/C17H17ClN4O5S4/c18-14-6-7-15(29-14)31(26,27)22-8-2-1-3-12(22)16(23)21-17-20-11-5-4-10(30(19,24)25)9-13(11)28-17/h4-7,9,12H,1-3,8H2,(H2,19,24,25)(H,20,21,23). The second-order valence-electron chi connectivity index (χ2n) is 6.87. The molecule has 1 unspecified atom stereocenters. The summed E-state index contributed by atoms with van der Waals surface area (Å²) in [6.07, 6.45) is 1.75. The van der Waals surface area contributed by atoms with Crippen LogP contribution in [0, 0.1) is 0 Å². The van der Waals surface area contributed by atoms with E-state index in [0.29, 0.717) is 33.8 Å². The molecule has 14 heteroatoms. The molecule has 1 saturated heterocycles. The number of rotatable bonds is 5. The minimum absolute atomic E-state index is 0.0549. The second kappa shape index (κ2) is 8.39. The molecule has 0 bridgehead atoms. The van der Waals surface area contributed by atoms with Gasteiger partial charge in [-0.3, -0.25) is 4.79 Å². The fraction of sp³-hybridized carbons (Fsp3) is 0.294. The summed E-state index contributed by atoms with van der Waals surface area (Å²) < 4.78 is 51.4. The number of amides is 1. The number of nitrogens with two attached hydrogens (primary N) is 1. The molecule has 1 atom stereocenters. The van der Waals surface area contributed by atoms with Crippen molar-refractivity contribution in [2.75, 3.05) is 11.9 Å². The van der Waals surface area contributed by atoms with Crippen LogP contribution in [0.4, 0.5) is 5.13 Å². The number of nitrogens with zero attached hydrogens (tertiary/aromatic N) is 2. The van der Waals surface area contributed by atoms with E-state index in [9.17, 15) is 21.6 Å². The van der Waals surface area contributed by atoms with Crippen molar-refractivity contribution in [1.82, 2.24) is 9.29 Å². The number of primary sulfonamides is 1. The van der Waals surface area contributed by atoms with Crippen LogP contribution in [0.1, 0.15) is 19.3 Å². The number of carbonyl (C=O) groups is 1. The van der Waals surface area contributed by atoms with Crippen molar-refractivity contribution in [1.29, 1.82) is 0 Å². The zero-order valence-corrected chi connectivity index (χ0v) is 19.8. The van der Waals surface area contributed by atoms with E-state index < -0.39 is 32.0 Å². The second-order valence-corrected chi connectivity index (χ2v) is 13.3. The van der Waals surface area contributed by atoms with E-state index in [1.807, 2.05) is 0 Å². The molecule has 1 amide bonds. The number of sulfonamides is 2. The van der Waals surface area contributed by atoms with Gasteiger partial charge in [-0.15, -0.1) is 11.3 Å². The van der Waals surface area contributed by atoms with Gasteiger partial charge < -0.3 is 5.32 Å². The zero-order chi connectivity index (χ0) is 22.4. The summed E-state index contributed by atoms with van der Waals surface area (Å²) in [5.74, 6) is -0.489. The van der Waals surface area contributed by atoms with Gasteiger partial charge in [0.1, 0.15) is 10.3 Å². The van der Waals surface area contributed by atoms with Gasteiger partial charge in [0.2, 0.25) is 15.9 Å². The van der Waals surface area contributed by atoms with Gasteiger partial charge >= 0.3 is 0 Å². The number of fused-ring (bicyclic) bond motifs is 1. The van der Waals surface area contributed by atoms with Gasteiger partial charge in [0.05, 0.1) is 19.4 Å². The van der Waals surface area contributed by atoms with Crippen molar-refractivity contribution >= 4 is 75.6 Å². The summed E-state index contributed by atoms with van der Waals surface area (Å²) in [5, 5.41) is 8.08. The van der Waals surface area contributed by atoms with Crippen LogP contribution in [-0.4, -0.2) is 44.6 Å². The number of hydrogen-bond acceptors (Lipinski definition) is 8. The van der Waals surface area contributed by atoms with Crippen LogP contribution >= 0.6 is 34.3 Å².